The molecule has 5 heteroatoms. The highest BCUT2D eigenvalue weighted by Gasteiger charge is 2.29. The first kappa shape index (κ1) is 13.2. The Morgan fingerprint density at radius 3 is 2.81 bits per heavy atom. The van der Waals surface area contributed by atoms with Crippen molar-refractivity contribution in [2.75, 3.05) is 0 Å². The van der Waals surface area contributed by atoms with Gasteiger partial charge in [0, 0.05) is 11.4 Å². The maximum absolute atomic E-state index is 13.6. The highest BCUT2D eigenvalue weighted by atomic mass is 79.9. The second-order valence-electron chi connectivity index (χ2n) is 5.71. The topological polar surface area (TPSA) is 30.7 Å². The summed E-state index contributed by atoms with van der Waals surface area (Å²) < 4.78 is 16.6. The van der Waals surface area contributed by atoms with Gasteiger partial charge in [0.2, 0.25) is 0 Å². The highest BCUT2D eigenvalue weighted by molar-refractivity contribution is 9.10. The van der Waals surface area contributed by atoms with Gasteiger partial charge < -0.3 is 4.57 Å². The van der Waals surface area contributed by atoms with Crippen LogP contribution in [0.1, 0.15) is 31.1 Å². The second-order valence-corrected chi connectivity index (χ2v) is 6.46. The third kappa shape index (κ3) is 1.98. The number of pyridine rings is 1. The van der Waals surface area contributed by atoms with Crippen LogP contribution in [0.15, 0.2) is 28.9 Å². The Kier molecular flexibility index (Phi) is 2.99. The average molecular weight is 348 g/mol. The average Bonchev–Trinajstić information content (AvgIpc) is 3.02. The number of para-hydroxylation sites is 1. The van der Waals surface area contributed by atoms with Crippen LogP contribution in [0.3, 0.4) is 0 Å². The van der Waals surface area contributed by atoms with Crippen LogP contribution < -0.4 is 0 Å². The molecule has 1 aliphatic carbocycles. The van der Waals surface area contributed by atoms with Gasteiger partial charge in [-0.25, -0.2) is 14.4 Å². The minimum atomic E-state index is -0.691. The third-order valence-electron chi connectivity index (χ3n) is 4.37. The minimum absolute atomic E-state index is 0.197. The molecule has 0 aliphatic heterocycles. The van der Waals surface area contributed by atoms with Crippen molar-refractivity contribution in [3.05, 3.63) is 34.7 Å². The number of hydrogen-bond donors (Lipinski definition) is 0. The standard InChI is InChI=1S/C16H15BrFN3/c1-9-19-14-15(21(9)11-7-6-10(18)8-11)12-4-2-3-5-13(12)20-16(14)17/h2-5,10-11H,6-8H2,1H3/t10-,11+/m1/s1. The zero-order valence-electron chi connectivity index (χ0n) is 11.7. The molecule has 2 heterocycles. The van der Waals surface area contributed by atoms with Gasteiger partial charge in [-0.3, -0.25) is 0 Å². The van der Waals surface area contributed by atoms with Crippen LogP contribution >= 0.6 is 15.9 Å². The van der Waals surface area contributed by atoms with E-state index in [1.807, 2.05) is 25.1 Å². The molecule has 2 atom stereocenters. The van der Waals surface area contributed by atoms with Crippen LogP contribution in [0.25, 0.3) is 21.9 Å². The number of aromatic nitrogens is 3. The van der Waals surface area contributed by atoms with Crippen molar-refractivity contribution in [2.45, 2.75) is 38.4 Å². The van der Waals surface area contributed by atoms with Gasteiger partial charge in [0.25, 0.3) is 0 Å². The summed E-state index contributed by atoms with van der Waals surface area (Å²) in [6.45, 7) is 1.99. The van der Waals surface area contributed by atoms with Crippen molar-refractivity contribution < 1.29 is 4.39 Å². The molecule has 0 unspecified atom stereocenters. The van der Waals surface area contributed by atoms with Crippen LogP contribution in [-0.2, 0) is 0 Å². The first-order chi connectivity index (χ1) is 10.1. The summed E-state index contributed by atoms with van der Waals surface area (Å²) in [7, 11) is 0. The Morgan fingerprint density at radius 1 is 1.24 bits per heavy atom. The maximum Gasteiger partial charge on any atom is 0.134 e. The number of nitrogens with zero attached hydrogens (tertiary/aromatic N) is 3. The fourth-order valence-corrected chi connectivity index (χ4v) is 3.93. The van der Waals surface area contributed by atoms with E-state index < -0.39 is 6.17 Å². The molecule has 1 saturated carbocycles. The van der Waals surface area contributed by atoms with Crippen molar-refractivity contribution >= 4 is 37.9 Å². The third-order valence-corrected chi connectivity index (χ3v) is 4.92. The molecule has 3 nitrogen and oxygen atoms in total. The van der Waals surface area contributed by atoms with Gasteiger partial charge in [-0.05, 0) is 48.2 Å². The fourth-order valence-electron chi connectivity index (χ4n) is 3.46. The molecule has 0 saturated heterocycles. The molecule has 1 aromatic carbocycles. The molecule has 4 rings (SSSR count). The predicted molar refractivity (Wildman–Crippen MR) is 85.3 cm³/mol. The Hall–Kier alpha value is -1.49. The lowest BCUT2D eigenvalue weighted by Crippen LogP contribution is -2.08. The summed E-state index contributed by atoms with van der Waals surface area (Å²) in [5.74, 6) is 0.933. The lowest BCUT2D eigenvalue weighted by molar-refractivity contribution is 0.331. The van der Waals surface area contributed by atoms with E-state index in [0.29, 0.717) is 12.8 Å². The lowest BCUT2D eigenvalue weighted by atomic mass is 10.1. The predicted octanol–water partition coefficient (Wildman–Crippen LogP) is 4.72. The molecule has 0 amide bonds. The molecule has 0 radical (unpaired) electrons. The van der Waals surface area contributed by atoms with Crippen LogP contribution in [0.5, 0.6) is 0 Å². The monoisotopic (exact) mass is 347 g/mol. The van der Waals surface area contributed by atoms with E-state index in [0.717, 1.165) is 38.8 Å². The summed E-state index contributed by atoms with van der Waals surface area (Å²) in [4.78, 5) is 9.23. The zero-order chi connectivity index (χ0) is 14.6. The van der Waals surface area contributed by atoms with Crippen LogP contribution in [-0.4, -0.2) is 20.7 Å². The van der Waals surface area contributed by atoms with Crippen molar-refractivity contribution in [2.24, 2.45) is 0 Å². The summed E-state index contributed by atoms with van der Waals surface area (Å²) in [5, 5.41) is 1.08. The smallest absolute Gasteiger partial charge is 0.134 e. The number of alkyl halides is 1. The largest absolute Gasteiger partial charge is 0.324 e. The summed E-state index contributed by atoms with van der Waals surface area (Å²) in [6.07, 6.45) is 1.42. The molecule has 3 aromatic rings. The quantitative estimate of drug-likeness (QED) is 0.596. The SMILES string of the molecule is Cc1nc2c(Br)nc3ccccc3c2n1[C@H]1CC[C@@H](F)C1. The molecule has 0 spiro atoms. The first-order valence-corrected chi connectivity index (χ1v) is 8.01. The summed E-state index contributed by atoms with van der Waals surface area (Å²) in [6, 6.07) is 8.25. The summed E-state index contributed by atoms with van der Waals surface area (Å²) in [5.41, 5.74) is 2.88. The van der Waals surface area contributed by atoms with Gasteiger partial charge in [0.15, 0.2) is 0 Å². The molecule has 1 fully saturated rings. The van der Waals surface area contributed by atoms with E-state index in [1.54, 1.807) is 0 Å². The van der Waals surface area contributed by atoms with E-state index in [9.17, 15) is 4.39 Å². The molecule has 0 bridgehead atoms. The first-order valence-electron chi connectivity index (χ1n) is 7.22. The Bertz CT molecular complexity index is 842. The molecular weight excluding hydrogens is 333 g/mol. The van der Waals surface area contributed by atoms with Gasteiger partial charge in [0.1, 0.15) is 22.1 Å². The number of benzene rings is 1. The fraction of sp³-hybridized carbons (Fsp3) is 0.375. The molecule has 2 aromatic heterocycles. The second kappa shape index (κ2) is 4.77. The van der Waals surface area contributed by atoms with Gasteiger partial charge >= 0.3 is 0 Å². The van der Waals surface area contributed by atoms with Crippen molar-refractivity contribution in [1.82, 2.24) is 14.5 Å². The lowest BCUT2D eigenvalue weighted by Gasteiger charge is -2.15. The Morgan fingerprint density at radius 2 is 2.05 bits per heavy atom. The maximum atomic E-state index is 13.6. The number of hydrogen-bond acceptors (Lipinski definition) is 2. The van der Waals surface area contributed by atoms with Gasteiger partial charge in [-0.2, -0.15) is 0 Å². The van der Waals surface area contributed by atoms with E-state index in [2.05, 4.69) is 36.5 Å². The highest BCUT2D eigenvalue weighted by Crippen LogP contribution is 2.38. The van der Waals surface area contributed by atoms with Crippen molar-refractivity contribution in [3.8, 4) is 0 Å². The van der Waals surface area contributed by atoms with Crippen LogP contribution in [0, 0.1) is 6.92 Å². The molecule has 108 valence electrons. The number of aryl methyl sites for hydroxylation is 1. The zero-order valence-corrected chi connectivity index (χ0v) is 13.3. The van der Waals surface area contributed by atoms with E-state index in [1.165, 1.54) is 0 Å². The van der Waals surface area contributed by atoms with Crippen molar-refractivity contribution in [1.29, 1.82) is 0 Å². The molecule has 0 N–H and O–H groups in total. The minimum Gasteiger partial charge on any atom is -0.324 e. The van der Waals surface area contributed by atoms with E-state index in [4.69, 9.17) is 0 Å². The summed E-state index contributed by atoms with van der Waals surface area (Å²) >= 11 is 3.52. The van der Waals surface area contributed by atoms with E-state index >= 15 is 0 Å². The Labute approximate surface area is 130 Å². The molecule has 1 aliphatic rings. The molecule has 21 heavy (non-hydrogen) atoms. The number of imidazole rings is 1. The van der Waals surface area contributed by atoms with E-state index in [-0.39, 0.29) is 6.04 Å². The van der Waals surface area contributed by atoms with Gasteiger partial charge in [-0.1, -0.05) is 18.2 Å². The van der Waals surface area contributed by atoms with Crippen molar-refractivity contribution in [3.63, 3.8) is 0 Å². The number of rotatable bonds is 1. The van der Waals surface area contributed by atoms with Gasteiger partial charge in [0.05, 0.1) is 11.0 Å². The number of fused-ring (bicyclic) bond motifs is 3. The number of halogens is 2. The molecular formula is C16H15BrFN3. The normalized spacial score (nSPS) is 22.4. The van der Waals surface area contributed by atoms with Gasteiger partial charge in [-0.15, -0.1) is 0 Å². The van der Waals surface area contributed by atoms with Crippen LogP contribution in [0.2, 0.25) is 0 Å². The van der Waals surface area contributed by atoms with Crippen LogP contribution in [0.4, 0.5) is 4.39 Å². The Balaban J connectivity index is 2.08.